The summed E-state index contributed by atoms with van der Waals surface area (Å²) in [6, 6.07) is 0. The van der Waals surface area contributed by atoms with Gasteiger partial charge in [-0.1, -0.05) is 0 Å². The van der Waals surface area contributed by atoms with Crippen LogP contribution in [0.1, 0.15) is 30.0 Å². The number of amides is 1. The molecule has 1 aromatic heterocycles. The largest absolute Gasteiger partial charge is 0.395 e. The molecule has 0 aliphatic carbocycles. The second-order valence-electron chi connectivity index (χ2n) is 4.05. The first-order chi connectivity index (χ1) is 8.52. The molecule has 0 aliphatic heterocycles. The van der Waals surface area contributed by atoms with Crippen LogP contribution in [0.15, 0.2) is 0 Å². The molecule has 0 bridgehead atoms. The first kappa shape index (κ1) is 14.5. The number of ether oxygens (including phenoxy) is 1. The summed E-state index contributed by atoms with van der Waals surface area (Å²) in [4.78, 5) is 14.1. The topological polar surface area (TPSA) is 73.4 Å². The van der Waals surface area contributed by atoms with Crippen LogP contribution in [0.4, 0.5) is 5.69 Å². The van der Waals surface area contributed by atoms with E-state index in [-0.39, 0.29) is 5.91 Å². The highest BCUT2D eigenvalue weighted by atomic mass is 16.5. The first-order valence-electron chi connectivity index (χ1n) is 6.18. The van der Waals surface area contributed by atoms with Gasteiger partial charge in [0.15, 0.2) is 0 Å². The monoisotopic (exact) mass is 254 g/mol. The molecule has 0 fully saturated rings. The van der Waals surface area contributed by atoms with Crippen molar-refractivity contribution in [3.8, 4) is 0 Å². The summed E-state index contributed by atoms with van der Waals surface area (Å²) in [7, 11) is 1.73. The van der Waals surface area contributed by atoms with Gasteiger partial charge in [-0.05, 0) is 20.8 Å². The molecule has 6 nitrogen and oxygen atoms in total. The lowest BCUT2D eigenvalue weighted by Gasteiger charge is -2.20. The van der Waals surface area contributed by atoms with Gasteiger partial charge in [-0.15, -0.1) is 0 Å². The molecule has 0 spiro atoms. The number of nitrogen functional groups attached to an aromatic ring is 1. The molecule has 0 aromatic carbocycles. The quantitative estimate of drug-likeness (QED) is 0.762. The van der Waals surface area contributed by atoms with Crippen molar-refractivity contribution in [1.29, 1.82) is 0 Å². The number of rotatable bonds is 6. The van der Waals surface area contributed by atoms with Gasteiger partial charge in [-0.3, -0.25) is 9.48 Å². The van der Waals surface area contributed by atoms with Crippen molar-refractivity contribution in [1.82, 2.24) is 14.7 Å². The molecule has 102 valence electrons. The van der Waals surface area contributed by atoms with Crippen LogP contribution in [-0.4, -0.2) is 46.9 Å². The Labute approximate surface area is 108 Å². The fourth-order valence-corrected chi connectivity index (χ4v) is 1.80. The van der Waals surface area contributed by atoms with Gasteiger partial charge in [0, 0.05) is 26.7 Å². The number of anilines is 1. The van der Waals surface area contributed by atoms with Gasteiger partial charge in [-0.25, -0.2) is 0 Å². The van der Waals surface area contributed by atoms with Crippen LogP contribution in [0.25, 0.3) is 0 Å². The normalized spacial score (nSPS) is 10.7. The molecule has 18 heavy (non-hydrogen) atoms. The van der Waals surface area contributed by atoms with E-state index in [1.807, 2.05) is 13.8 Å². The lowest BCUT2D eigenvalue weighted by atomic mass is 10.2. The molecule has 0 aliphatic rings. The van der Waals surface area contributed by atoms with E-state index in [1.165, 1.54) is 4.68 Å². The number of carbonyl (C=O) groups excluding carboxylic acids is 1. The van der Waals surface area contributed by atoms with E-state index in [1.54, 1.807) is 18.9 Å². The third-order valence-electron chi connectivity index (χ3n) is 2.85. The SMILES string of the molecule is CCOCCN(CC)C(=O)c1c(N)c(C)nn1C. The Bertz CT molecular complexity index is 414. The summed E-state index contributed by atoms with van der Waals surface area (Å²) in [5.41, 5.74) is 7.48. The van der Waals surface area contributed by atoms with Crippen LogP contribution >= 0.6 is 0 Å². The fraction of sp³-hybridized carbons (Fsp3) is 0.667. The molecular weight excluding hydrogens is 232 g/mol. The number of carbonyl (C=O) groups is 1. The van der Waals surface area contributed by atoms with E-state index in [9.17, 15) is 4.79 Å². The Morgan fingerprint density at radius 2 is 2.17 bits per heavy atom. The second kappa shape index (κ2) is 6.39. The van der Waals surface area contributed by atoms with Crippen LogP contribution in [-0.2, 0) is 11.8 Å². The van der Waals surface area contributed by atoms with Crippen LogP contribution in [0, 0.1) is 6.92 Å². The molecule has 1 rings (SSSR count). The zero-order valence-corrected chi connectivity index (χ0v) is 11.6. The third-order valence-corrected chi connectivity index (χ3v) is 2.85. The number of nitrogens with zero attached hydrogens (tertiary/aromatic N) is 3. The molecule has 0 unspecified atom stereocenters. The van der Waals surface area contributed by atoms with E-state index in [0.717, 1.165) is 0 Å². The zero-order chi connectivity index (χ0) is 13.7. The van der Waals surface area contributed by atoms with Gasteiger partial charge < -0.3 is 15.4 Å². The van der Waals surface area contributed by atoms with Gasteiger partial charge in [0.2, 0.25) is 0 Å². The van der Waals surface area contributed by atoms with Crippen LogP contribution < -0.4 is 5.73 Å². The summed E-state index contributed by atoms with van der Waals surface area (Å²) in [5.74, 6) is -0.0993. The second-order valence-corrected chi connectivity index (χ2v) is 4.05. The molecule has 6 heteroatoms. The average Bonchev–Trinajstić information content (AvgIpc) is 2.58. The lowest BCUT2D eigenvalue weighted by Crippen LogP contribution is -2.35. The molecule has 1 aromatic rings. The highest BCUT2D eigenvalue weighted by molar-refractivity contribution is 5.97. The van der Waals surface area contributed by atoms with Crippen molar-refractivity contribution >= 4 is 11.6 Å². The maximum Gasteiger partial charge on any atom is 0.274 e. The Morgan fingerprint density at radius 1 is 1.50 bits per heavy atom. The van der Waals surface area contributed by atoms with Crippen molar-refractivity contribution in [3.05, 3.63) is 11.4 Å². The van der Waals surface area contributed by atoms with Gasteiger partial charge in [0.05, 0.1) is 18.0 Å². The van der Waals surface area contributed by atoms with Crippen molar-refractivity contribution in [3.63, 3.8) is 0 Å². The Balaban J connectivity index is 2.83. The van der Waals surface area contributed by atoms with Gasteiger partial charge in [0.25, 0.3) is 5.91 Å². The van der Waals surface area contributed by atoms with Crippen LogP contribution in [0.5, 0.6) is 0 Å². The minimum atomic E-state index is -0.0993. The third kappa shape index (κ3) is 3.01. The van der Waals surface area contributed by atoms with E-state index in [0.29, 0.717) is 43.4 Å². The van der Waals surface area contributed by atoms with E-state index < -0.39 is 0 Å². The summed E-state index contributed by atoms with van der Waals surface area (Å²) >= 11 is 0. The maximum atomic E-state index is 12.4. The predicted molar refractivity (Wildman–Crippen MR) is 70.4 cm³/mol. The zero-order valence-electron chi connectivity index (χ0n) is 11.6. The van der Waals surface area contributed by atoms with E-state index in [4.69, 9.17) is 10.5 Å². The lowest BCUT2D eigenvalue weighted by molar-refractivity contribution is 0.0660. The average molecular weight is 254 g/mol. The molecule has 0 saturated heterocycles. The van der Waals surface area contributed by atoms with Gasteiger partial charge in [0.1, 0.15) is 5.69 Å². The number of hydrogen-bond donors (Lipinski definition) is 1. The molecule has 2 N–H and O–H groups in total. The summed E-state index contributed by atoms with van der Waals surface area (Å²) in [6.45, 7) is 8.03. The minimum absolute atomic E-state index is 0.0993. The van der Waals surface area contributed by atoms with Crippen molar-refractivity contribution in [2.45, 2.75) is 20.8 Å². The van der Waals surface area contributed by atoms with Gasteiger partial charge >= 0.3 is 0 Å². The molecule has 0 saturated carbocycles. The molecular formula is C12H22N4O2. The Morgan fingerprint density at radius 3 is 2.61 bits per heavy atom. The number of aromatic nitrogens is 2. The first-order valence-corrected chi connectivity index (χ1v) is 6.18. The molecule has 0 radical (unpaired) electrons. The Hall–Kier alpha value is -1.56. The highest BCUT2D eigenvalue weighted by Crippen LogP contribution is 2.17. The van der Waals surface area contributed by atoms with Crippen molar-refractivity contribution in [2.75, 3.05) is 32.0 Å². The van der Waals surface area contributed by atoms with Crippen LogP contribution in [0.2, 0.25) is 0 Å². The number of nitrogens with two attached hydrogens (primary N) is 1. The van der Waals surface area contributed by atoms with Crippen molar-refractivity contribution in [2.24, 2.45) is 7.05 Å². The summed E-state index contributed by atoms with van der Waals surface area (Å²) in [6.07, 6.45) is 0. The highest BCUT2D eigenvalue weighted by Gasteiger charge is 2.22. The molecule has 1 amide bonds. The molecule has 1 heterocycles. The standard InChI is InChI=1S/C12H22N4O2/c1-5-16(7-8-18-6-2)12(17)11-10(13)9(3)14-15(11)4/h5-8,13H2,1-4H3. The Kier molecular flexibility index (Phi) is 5.15. The minimum Gasteiger partial charge on any atom is -0.395 e. The van der Waals surface area contributed by atoms with Crippen LogP contribution in [0.3, 0.4) is 0 Å². The smallest absolute Gasteiger partial charge is 0.274 e. The number of hydrogen-bond acceptors (Lipinski definition) is 4. The van der Waals surface area contributed by atoms with E-state index >= 15 is 0 Å². The number of aryl methyl sites for hydroxylation is 2. The van der Waals surface area contributed by atoms with E-state index in [2.05, 4.69) is 5.10 Å². The molecule has 0 atom stereocenters. The maximum absolute atomic E-state index is 12.4. The number of likely N-dealkylation sites (N-methyl/N-ethyl adjacent to an activating group) is 1. The summed E-state index contributed by atoms with van der Waals surface area (Å²) < 4.78 is 6.81. The predicted octanol–water partition coefficient (Wildman–Crippen LogP) is 0.809. The fourth-order valence-electron chi connectivity index (χ4n) is 1.80. The van der Waals surface area contributed by atoms with Gasteiger partial charge in [-0.2, -0.15) is 5.10 Å². The van der Waals surface area contributed by atoms with Crippen molar-refractivity contribution < 1.29 is 9.53 Å². The summed E-state index contributed by atoms with van der Waals surface area (Å²) in [5, 5.41) is 4.16.